The Hall–Kier alpha value is -1.13. The van der Waals surface area contributed by atoms with Crippen LogP contribution in [0.15, 0.2) is 41.3 Å². The maximum Gasteiger partial charge on any atom is 0.296 e. The van der Waals surface area contributed by atoms with Gasteiger partial charge in [-0.2, -0.15) is 8.42 Å². The quantitative estimate of drug-likeness (QED) is 0.440. The van der Waals surface area contributed by atoms with Crippen LogP contribution >= 0.6 is 0 Å². The summed E-state index contributed by atoms with van der Waals surface area (Å²) in [5, 5.41) is 0. The summed E-state index contributed by atoms with van der Waals surface area (Å²) in [5.74, 6) is 0.594. The van der Waals surface area contributed by atoms with E-state index in [0.717, 1.165) is 31.2 Å². The number of aryl methyl sites for hydroxylation is 1. The molecule has 0 aliphatic carbocycles. The molecule has 1 rings (SSSR count). The van der Waals surface area contributed by atoms with Crippen LogP contribution in [0, 0.1) is 18.8 Å². The minimum Gasteiger partial charge on any atom is -0.266 e. The topological polar surface area (TPSA) is 43.4 Å². The van der Waals surface area contributed by atoms with Crippen LogP contribution < -0.4 is 0 Å². The standard InChI is InChI=1S/C19H30O3S/c1-5-8-10-18(17(7-3)9-6-2)15-22-23(20,21)19-13-11-16(4)12-14-19/h6,9,11-14,17-18H,5,7-8,10,15H2,1-4H3/b9-6+/t17-,18+/m0/s1. The third-order valence-corrected chi connectivity index (χ3v) is 5.49. The summed E-state index contributed by atoms with van der Waals surface area (Å²) < 4.78 is 30.1. The van der Waals surface area contributed by atoms with Crippen LogP contribution in [0.2, 0.25) is 0 Å². The molecule has 0 bridgehead atoms. The van der Waals surface area contributed by atoms with Crippen molar-refractivity contribution in [1.82, 2.24) is 0 Å². The number of unbranched alkanes of at least 4 members (excludes halogenated alkanes) is 1. The van der Waals surface area contributed by atoms with Crippen LogP contribution in [0.5, 0.6) is 0 Å². The van der Waals surface area contributed by atoms with Gasteiger partial charge in [0.2, 0.25) is 0 Å². The van der Waals surface area contributed by atoms with Gasteiger partial charge in [0.25, 0.3) is 10.1 Å². The van der Waals surface area contributed by atoms with Gasteiger partial charge in [-0.3, -0.25) is 4.18 Å². The zero-order valence-electron chi connectivity index (χ0n) is 14.8. The number of allylic oxidation sites excluding steroid dienone is 2. The molecule has 0 radical (unpaired) electrons. The van der Waals surface area contributed by atoms with Crippen molar-refractivity contribution >= 4 is 10.1 Å². The Labute approximate surface area is 141 Å². The minimum atomic E-state index is -3.68. The monoisotopic (exact) mass is 338 g/mol. The van der Waals surface area contributed by atoms with Crippen LogP contribution in [0.1, 0.15) is 52.0 Å². The fourth-order valence-electron chi connectivity index (χ4n) is 2.71. The van der Waals surface area contributed by atoms with E-state index in [-0.39, 0.29) is 17.4 Å². The first-order valence-electron chi connectivity index (χ1n) is 8.53. The summed E-state index contributed by atoms with van der Waals surface area (Å²) in [4.78, 5) is 0.233. The minimum absolute atomic E-state index is 0.233. The average Bonchev–Trinajstić information content (AvgIpc) is 2.53. The van der Waals surface area contributed by atoms with E-state index in [1.807, 2.05) is 19.9 Å². The molecule has 0 saturated carbocycles. The molecule has 0 aliphatic rings. The van der Waals surface area contributed by atoms with Crippen molar-refractivity contribution in [3.05, 3.63) is 42.0 Å². The Morgan fingerprint density at radius 3 is 2.35 bits per heavy atom. The molecule has 1 aromatic rings. The zero-order valence-corrected chi connectivity index (χ0v) is 15.6. The molecule has 0 heterocycles. The number of hydrogen-bond acceptors (Lipinski definition) is 3. The van der Waals surface area contributed by atoms with E-state index < -0.39 is 10.1 Å². The molecule has 0 saturated heterocycles. The van der Waals surface area contributed by atoms with E-state index in [4.69, 9.17) is 4.18 Å². The molecular weight excluding hydrogens is 308 g/mol. The van der Waals surface area contributed by atoms with Crippen LogP contribution in [0.3, 0.4) is 0 Å². The first-order chi connectivity index (χ1) is 10.9. The summed E-state index contributed by atoms with van der Waals surface area (Å²) in [6.07, 6.45) is 8.39. The van der Waals surface area contributed by atoms with Crippen LogP contribution in [0.25, 0.3) is 0 Å². The molecule has 0 unspecified atom stereocenters. The van der Waals surface area contributed by atoms with Gasteiger partial charge in [-0.25, -0.2) is 0 Å². The fraction of sp³-hybridized carbons (Fsp3) is 0.579. The molecule has 1 aromatic carbocycles. The summed E-state index contributed by atoms with van der Waals surface area (Å²) in [5.41, 5.74) is 1.03. The van der Waals surface area contributed by atoms with Crippen molar-refractivity contribution in [2.24, 2.45) is 11.8 Å². The molecule has 3 nitrogen and oxygen atoms in total. The molecule has 0 aliphatic heterocycles. The highest BCUT2D eigenvalue weighted by Gasteiger charge is 2.22. The maximum absolute atomic E-state index is 12.4. The van der Waals surface area contributed by atoms with E-state index in [1.165, 1.54) is 0 Å². The summed E-state index contributed by atoms with van der Waals surface area (Å²) in [7, 11) is -3.68. The molecule has 0 spiro atoms. The first-order valence-corrected chi connectivity index (χ1v) is 9.94. The SMILES string of the molecule is C/C=C/[C@H](CC)[C@H](CCCC)COS(=O)(=O)c1ccc(C)cc1. The van der Waals surface area contributed by atoms with Crippen molar-refractivity contribution < 1.29 is 12.6 Å². The largest absolute Gasteiger partial charge is 0.296 e. The average molecular weight is 339 g/mol. The van der Waals surface area contributed by atoms with Crippen molar-refractivity contribution in [2.45, 2.75) is 58.3 Å². The van der Waals surface area contributed by atoms with Gasteiger partial charge in [-0.15, -0.1) is 0 Å². The van der Waals surface area contributed by atoms with Gasteiger partial charge in [-0.05, 0) is 50.7 Å². The molecule has 0 amide bonds. The van der Waals surface area contributed by atoms with Gasteiger partial charge in [0.1, 0.15) is 0 Å². The summed E-state index contributed by atoms with van der Waals surface area (Å²) in [6, 6.07) is 6.79. The van der Waals surface area contributed by atoms with E-state index in [1.54, 1.807) is 24.3 Å². The number of rotatable bonds is 10. The zero-order chi connectivity index (χ0) is 17.3. The highest BCUT2D eigenvalue weighted by Crippen LogP contribution is 2.25. The second-order valence-corrected chi connectivity index (χ2v) is 7.67. The Balaban J connectivity index is 2.81. The van der Waals surface area contributed by atoms with E-state index in [9.17, 15) is 8.42 Å². The van der Waals surface area contributed by atoms with Gasteiger partial charge >= 0.3 is 0 Å². The lowest BCUT2D eigenvalue weighted by atomic mass is 9.86. The fourth-order valence-corrected chi connectivity index (χ4v) is 3.67. The molecule has 4 heteroatoms. The highest BCUT2D eigenvalue weighted by atomic mass is 32.2. The number of hydrogen-bond donors (Lipinski definition) is 0. The second-order valence-electron chi connectivity index (χ2n) is 6.05. The smallest absolute Gasteiger partial charge is 0.266 e. The van der Waals surface area contributed by atoms with Gasteiger partial charge in [-0.1, -0.05) is 56.5 Å². The normalized spacial score (nSPS) is 15.0. The number of benzene rings is 1. The lowest BCUT2D eigenvalue weighted by molar-refractivity contribution is 0.204. The molecule has 0 N–H and O–H groups in total. The van der Waals surface area contributed by atoms with Crippen molar-refractivity contribution in [3.8, 4) is 0 Å². The molecule has 0 aromatic heterocycles. The predicted octanol–water partition coefficient (Wildman–Crippen LogP) is 5.11. The molecule has 130 valence electrons. The van der Waals surface area contributed by atoms with Gasteiger partial charge in [0.15, 0.2) is 0 Å². The van der Waals surface area contributed by atoms with Gasteiger partial charge < -0.3 is 0 Å². The Bertz CT molecular complexity index is 573. The van der Waals surface area contributed by atoms with E-state index in [2.05, 4.69) is 19.9 Å². The second kappa shape index (κ2) is 9.89. The predicted molar refractivity (Wildman–Crippen MR) is 95.9 cm³/mol. The molecule has 23 heavy (non-hydrogen) atoms. The highest BCUT2D eigenvalue weighted by molar-refractivity contribution is 7.86. The molecule has 2 atom stereocenters. The lowest BCUT2D eigenvalue weighted by Gasteiger charge is -2.23. The molecular formula is C19H30O3S. The van der Waals surface area contributed by atoms with Crippen molar-refractivity contribution in [1.29, 1.82) is 0 Å². The Morgan fingerprint density at radius 2 is 1.83 bits per heavy atom. The third-order valence-electron chi connectivity index (χ3n) is 4.19. The van der Waals surface area contributed by atoms with E-state index in [0.29, 0.717) is 5.92 Å². The van der Waals surface area contributed by atoms with Crippen LogP contribution in [-0.4, -0.2) is 15.0 Å². The summed E-state index contributed by atoms with van der Waals surface area (Å²) in [6.45, 7) is 8.47. The summed E-state index contributed by atoms with van der Waals surface area (Å²) >= 11 is 0. The Morgan fingerprint density at radius 1 is 1.17 bits per heavy atom. The first kappa shape index (κ1) is 19.9. The van der Waals surface area contributed by atoms with Crippen molar-refractivity contribution in [2.75, 3.05) is 6.61 Å². The molecule has 0 fully saturated rings. The van der Waals surface area contributed by atoms with Gasteiger partial charge in [0.05, 0.1) is 11.5 Å². The van der Waals surface area contributed by atoms with Crippen molar-refractivity contribution in [3.63, 3.8) is 0 Å². The Kier molecular flexibility index (Phi) is 8.56. The van der Waals surface area contributed by atoms with Crippen LogP contribution in [-0.2, 0) is 14.3 Å². The maximum atomic E-state index is 12.4. The lowest BCUT2D eigenvalue weighted by Crippen LogP contribution is -2.21. The van der Waals surface area contributed by atoms with E-state index >= 15 is 0 Å². The van der Waals surface area contributed by atoms with Gasteiger partial charge in [0, 0.05) is 0 Å². The third kappa shape index (κ3) is 6.48. The van der Waals surface area contributed by atoms with Crippen LogP contribution in [0.4, 0.5) is 0 Å².